The Kier molecular flexibility index (Phi) is 5.25. The summed E-state index contributed by atoms with van der Waals surface area (Å²) in [5.41, 5.74) is 0.812. The minimum Gasteiger partial charge on any atom is -0.462 e. The monoisotopic (exact) mass is 249 g/mol. The number of ether oxygens (including phenoxy) is 1. The van der Waals surface area contributed by atoms with Gasteiger partial charge >= 0.3 is 5.97 Å². The lowest BCUT2D eigenvalue weighted by Crippen LogP contribution is -2.08. The molecule has 0 aromatic heterocycles. The molecule has 0 unspecified atom stereocenters. The van der Waals surface area contributed by atoms with Crippen molar-refractivity contribution in [2.75, 3.05) is 6.61 Å². The van der Waals surface area contributed by atoms with Crippen LogP contribution in [0.2, 0.25) is 0 Å². The second kappa shape index (κ2) is 6.72. The summed E-state index contributed by atoms with van der Waals surface area (Å²) in [6, 6.07) is 11.2. The number of halogens is 1. The third kappa shape index (κ3) is 3.93. The van der Waals surface area contributed by atoms with Gasteiger partial charge in [0.2, 0.25) is 0 Å². The van der Waals surface area contributed by atoms with Crippen LogP contribution < -0.4 is 0 Å². The van der Waals surface area contributed by atoms with Gasteiger partial charge in [-0.3, -0.25) is 0 Å². The Morgan fingerprint density at radius 2 is 2.06 bits per heavy atom. The van der Waals surface area contributed by atoms with Crippen molar-refractivity contribution < 1.29 is 9.53 Å². The summed E-state index contributed by atoms with van der Waals surface area (Å²) in [4.78, 5) is 11.4. The summed E-state index contributed by atoms with van der Waals surface area (Å²) >= 11 is 5.97. The van der Waals surface area contributed by atoms with Crippen LogP contribution in [0.15, 0.2) is 40.9 Å². The first-order valence-electron chi connectivity index (χ1n) is 5.18. The number of carbonyl (C=O) groups is 1. The highest BCUT2D eigenvalue weighted by Crippen LogP contribution is 2.17. The first kappa shape index (κ1) is 13.3. The predicted octanol–water partition coefficient (Wildman–Crippen LogP) is 2.81. The van der Waals surface area contributed by atoms with Crippen molar-refractivity contribution in [2.24, 2.45) is 0 Å². The minimum atomic E-state index is -0.670. The van der Waals surface area contributed by atoms with E-state index in [1.165, 1.54) is 0 Å². The lowest BCUT2D eigenvalue weighted by Gasteiger charge is -2.03. The van der Waals surface area contributed by atoms with E-state index in [2.05, 4.69) is 0 Å². The van der Waals surface area contributed by atoms with Gasteiger partial charge in [0, 0.05) is 11.5 Å². The van der Waals surface area contributed by atoms with E-state index in [1.807, 2.05) is 30.3 Å². The Hall–Kier alpha value is -1.79. The molecule has 0 N–H and O–H groups in total. The number of hydrogen-bond donors (Lipinski definition) is 0. The quantitative estimate of drug-likeness (QED) is 0.468. The number of rotatable bonds is 4. The van der Waals surface area contributed by atoms with Gasteiger partial charge in [-0.05, 0) is 12.5 Å². The molecule has 0 radical (unpaired) electrons. The van der Waals surface area contributed by atoms with Crippen LogP contribution in [0.5, 0.6) is 0 Å². The summed E-state index contributed by atoms with van der Waals surface area (Å²) in [7, 11) is 0. The molecule has 0 saturated carbocycles. The number of benzene rings is 1. The van der Waals surface area contributed by atoms with Gasteiger partial charge in [-0.2, -0.15) is 5.26 Å². The number of nitrogens with zero attached hydrogens (tertiary/aromatic N) is 1. The first-order chi connectivity index (χ1) is 8.19. The molecule has 0 aliphatic heterocycles. The number of esters is 1. The third-order valence-corrected chi connectivity index (χ3v) is 2.39. The van der Waals surface area contributed by atoms with E-state index in [9.17, 15) is 4.79 Å². The molecular weight excluding hydrogens is 238 g/mol. The van der Waals surface area contributed by atoms with Crippen molar-refractivity contribution in [1.82, 2.24) is 0 Å². The van der Waals surface area contributed by atoms with Gasteiger partial charge in [-0.15, -0.1) is 0 Å². The highest BCUT2D eigenvalue weighted by atomic mass is 35.5. The van der Waals surface area contributed by atoms with Crippen molar-refractivity contribution in [3.05, 3.63) is 46.5 Å². The SMILES string of the molecule is CCOC(=O)/C(C#N)=C(\Cl)Cc1ccccc1. The summed E-state index contributed by atoms with van der Waals surface area (Å²) in [6.45, 7) is 1.90. The topological polar surface area (TPSA) is 50.1 Å². The fourth-order valence-corrected chi connectivity index (χ4v) is 1.56. The molecule has 1 aromatic rings. The Labute approximate surface area is 105 Å². The molecule has 0 amide bonds. The normalized spacial score (nSPS) is 11.4. The van der Waals surface area contributed by atoms with Crippen molar-refractivity contribution >= 4 is 17.6 Å². The number of allylic oxidation sites excluding steroid dienone is 1. The van der Waals surface area contributed by atoms with Crippen molar-refractivity contribution in [2.45, 2.75) is 13.3 Å². The maximum Gasteiger partial charge on any atom is 0.350 e. The van der Waals surface area contributed by atoms with E-state index >= 15 is 0 Å². The molecule has 0 fully saturated rings. The molecule has 3 nitrogen and oxygen atoms in total. The van der Waals surface area contributed by atoms with Gasteiger partial charge in [0.15, 0.2) is 5.57 Å². The fraction of sp³-hybridized carbons (Fsp3) is 0.231. The molecule has 0 aliphatic rings. The maximum absolute atomic E-state index is 11.4. The molecule has 17 heavy (non-hydrogen) atoms. The van der Waals surface area contributed by atoms with Crippen molar-refractivity contribution in [1.29, 1.82) is 5.26 Å². The molecule has 4 heteroatoms. The summed E-state index contributed by atoms with van der Waals surface area (Å²) in [6.07, 6.45) is 0.351. The maximum atomic E-state index is 11.4. The molecular formula is C13H12ClNO2. The van der Waals surface area contributed by atoms with E-state index in [0.29, 0.717) is 6.42 Å². The van der Waals surface area contributed by atoms with Gasteiger partial charge in [0.05, 0.1) is 6.61 Å². The van der Waals surface area contributed by atoms with Crippen molar-refractivity contribution in [3.8, 4) is 6.07 Å². The van der Waals surface area contributed by atoms with Crippen LogP contribution in [0, 0.1) is 11.3 Å². The average molecular weight is 250 g/mol. The molecule has 0 spiro atoms. The molecule has 0 heterocycles. The summed E-state index contributed by atoms with van der Waals surface area (Å²) < 4.78 is 4.75. The van der Waals surface area contributed by atoms with E-state index in [1.54, 1.807) is 13.0 Å². The average Bonchev–Trinajstić information content (AvgIpc) is 2.31. The number of hydrogen-bond acceptors (Lipinski definition) is 3. The van der Waals surface area contributed by atoms with E-state index < -0.39 is 5.97 Å². The van der Waals surface area contributed by atoms with E-state index in [-0.39, 0.29) is 17.2 Å². The van der Waals surface area contributed by atoms with Gasteiger partial charge in [-0.1, -0.05) is 41.9 Å². The van der Waals surface area contributed by atoms with Crippen LogP contribution >= 0.6 is 11.6 Å². The van der Waals surface area contributed by atoms with Crippen LogP contribution in [0.25, 0.3) is 0 Å². The van der Waals surface area contributed by atoms with Gasteiger partial charge < -0.3 is 4.74 Å². The molecule has 0 bridgehead atoms. The zero-order valence-electron chi connectivity index (χ0n) is 9.44. The molecule has 1 rings (SSSR count). The Bertz CT molecular complexity index is 460. The lowest BCUT2D eigenvalue weighted by atomic mass is 10.1. The summed E-state index contributed by atoms with van der Waals surface area (Å²) in [5.74, 6) is -0.670. The van der Waals surface area contributed by atoms with Crippen LogP contribution in [0.3, 0.4) is 0 Å². The second-order valence-corrected chi connectivity index (χ2v) is 3.73. The smallest absolute Gasteiger partial charge is 0.350 e. The minimum absolute atomic E-state index is 0.127. The molecule has 0 aliphatic carbocycles. The molecule has 1 aromatic carbocycles. The predicted molar refractivity (Wildman–Crippen MR) is 65.3 cm³/mol. The highest BCUT2D eigenvalue weighted by molar-refractivity contribution is 6.32. The number of carbonyl (C=O) groups excluding carboxylic acids is 1. The highest BCUT2D eigenvalue weighted by Gasteiger charge is 2.15. The van der Waals surface area contributed by atoms with Crippen LogP contribution in [0.4, 0.5) is 0 Å². The fourth-order valence-electron chi connectivity index (χ4n) is 1.28. The summed E-state index contributed by atoms with van der Waals surface area (Å²) in [5, 5.41) is 9.08. The van der Waals surface area contributed by atoms with Crippen LogP contribution in [-0.4, -0.2) is 12.6 Å². The standard InChI is InChI=1S/C13H12ClNO2/c1-2-17-13(16)11(9-15)12(14)8-10-6-4-3-5-7-10/h3-7H,2,8H2,1H3/b12-11-. The molecule has 0 saturated heterocycles. The van der Waals surface area contributed by atoms with Crippen LogP contribution in [0.1, 0.15) is 12.5 Å². The Balaban J connectivity index is 2.88. The van der Waals surface area contributed by atoms with Gasteiger partial charge in [-0.25, -0.2) is 4.79 Å². The largest absolute Gasteiger partial charge is 0.462 e. The van der Waals surface area contributed by atoms with Crippen LogP contribution in [-0.2, 0) is 16.0 Å². The Morgan fingerprint density at radius 1 is 1.41 bits per heavy atom. The first-order valence-corrected chi connectivity index (χ1v) is 5.56. The Morgan fingerprint density at radius 3 is 2.59 bits per heavy atom. The van der Waals surface area contributed by atoms with Gasteiger partial charge in [0.25, 0.3) is 0 Å². The van der Waals surface area contributed by atoms with Gasteiger partial charge in [0.1, 0.15) is 6.07 Å². The molecule has 88 valence electrons. The zero-order valence-corrected chi connectivity index (χ0v) is 10.2. The third-order valence-electron chi connectivity index (χ3n) is 2.06. The number of nitriles is 1. The van der Waals surface area contributed by atoms with Crippen molar-refractivity contribution in [3.63, 3.8) is 0 Å². The lowest BCUT2D eigenvalue weighted by molar-refractivity contribution is -0.138. The van der Waals surface area contributed by atoms with E-state index in [0.717, 1.165) is 5.56 Å². The molecule has 0 atom stereocenters. The zero-order chi connectivity index (χ0) is 12.7. The van der Waals surface area contributed by atoms with E-state index in [4.69, 9.17) is 21.6 Å². The second-order valence-electron chi connectivity index (χ2n) is 3.27.